The number of hydrogen-bond donors (Lipinski definition) is 1. The number of likely N-dealkylation sites (tertiary alicyclic amines) is 1. The second kappa shape index (κ2) is 7.58. The Morgan fingerprint density at radius 3 is 2.62 bits per heavy atom. The average Bonchev–Trinajstić information content (AvgIpc) is 3.11. The minimum absolute atomic E-state index is 0.0655. The van der Waals surface area contributed by atoms with Crippen LogP contribution in [0.3, 0.4) is 0 Å². The summed E-state index contributed by atoms with van der Waals surface area (Å²) in [4.78, 5) is 25.6. The largest absolute Gasteiger partial charge is 0.378 e. The number of hydrogen-bond acceptors (Lipinski definition) is 5. The fraction of sp³-hybridized carbons (Fsp3) is 0.565. The third kappa shape index (κ3) is 3.49. The highest BCUT2D eigenvalue weighted by atomic mass is 16.5. The van der Waals surface area contributed by atoms with Crippen molar-refractivity contribution < 1.29 is 4.74 Å². The summed E-state index contributed by atoms with van der Waals surface area (Å²) < 4.78 is 5.46. The van der Waals surface area contributed by atoms with Crippen LogP contribution < -0.4 is 10.5 Å². The van der Waals surface area contributed by atoms with E-state index in [9.17, 15) is 4.79 Å². The van der Waals surface area contributed by atoms with E-state index >= 15 is 0 Å². The van der Waals surface area contributed by atoms with Crippen molar-refractivity contribution in [1.82, 2.24) is 14.9 Å². The molecule has 0 saturated carbocycles. The number of H-pyrrole nitrogens is 1. The first kappa shape index (κ1) is 18.8. The molecule has 0 atom stereocenters. The topological polar surface area (TPSA) is 61.5 Å². The molecule has 1 spiro atoms. The monoisotopic (exact) mass is 394 g/mol. The van der Waals surface area contributed by atoms with Gasteiger partial charge in [-0.25, -0.2) is 4.98 Å². The number of benzene rings is 1. The lowest BCUT2D eigenvalue weighted by Crippen LogP contribution is -2.43. The summed E-state index contributed by atoms with van der Waals surface area (Å²) in [6.45, 7) is 8.30. The third-order valence-electron chi connectivity index (χ3n) is 7.14. The Labute approximate surface area is 171 Å². The fourth-order valence-corrected chi connectivity index (χ4v) is 5.22. The Balaban J connectivity index is 1.35. The minimum atomic E-state index is 0.0655. The zero-order chi connectivity index (χ0) is 19.8. The van der Waals surface area contributed by atoms with E-state index < -0.39 is 0 Å². The molecule has 1 aromatic heterocycles. The second-order valence-corrected chi connectivity index (χ2v) is 8.80. The Kier molecular flexibility index (Phi) is 4.92. The van der Waals surface area contributed by atoms with Crippen molar-refractivity contribution >= 4 is 5.95 Å². The minimum Gasteiger partial charge on any atom is -0.378 e. The highest BCUT2D eigenvalue weighted by Crippen LogP contribution is 2.44. The quantitative estimate of drug-likeness (QED) is 0.866. The van der Waals surface area contributed by atoms with Crippen LogP contribution in [-0.2, 0) is 23.1 Å². The normalized spacial score (nSPS) is 21.5. The van der Waals surface area contributed by atoms with Crippen LogP contribution in [0.25, 0.3) is 0 Å². The summed E-state index contributed by atoms with van der Waals surface area (Å²) >= 11 is 0. The van der Waals surface area contributed by atoms with Crippen LogP contribution in [0.4, 0.5) is 5.95 Å². The van der Waals surface area contributed by atoms with Crippen LogP contribution in [0.15, 0.2) is 29.1 Å². The highest BCUT2D eigenvalue weighted by Gasteiger charge is 2.44. The van der Waals surface area contributed by atoms with Gasteiger partial charge in [-0.1, -0.05) is 24.3 Å². The summed E-state index contributed by atoms with van der Waals surface area (Å²) in [6.07, 6.45) is 4.10. The van der Waals surface area contributed by atoms with E-state index in [-0.39, 0.29) is 11.0 Å². The standard InChI is InChI=1S/C23H30N4O2/c1-17-4-2-3-5-18(17)16-26-10-8-23(9-11-26)7-6-19-20(23)24-22(25-21(19)28)27-12-14-29-15-13-27/h2-5H,6-16H2,1H3,(H,24,25,28). The van der Waals surface area contributed by atoms with Crippen LogP contribution in [-0.4, -0.2) is 54.3 Å². The van der Waals surface area contributed by atoms with Gasteiger partial charge in [0.1, 0.15) is 0 Å². The van der Waals surface area contributed by atoms with Gasteiger partial charge in [-0.05, 0) is 56.8 Å². The Bertz CT molecular complexity index is 940. The molecule has 0 bridgehead atoms. The molecular formula is C23H30N4O2. The molecule has 6 heteroatoms. The molecule has 1 aromatic carbocycles. The molecule has 2 saturated heterocycles. The lowest BCUT2D eigenvalue weighted by Gasteiger charge is -2.40. The van der Waals surface area contributed by atoms with Crippen molar-refractivity contribution in [3.8, 4) is 0 Å². The summed E-state index contributed by atoms with van der Waals surface area (Å²) in [6, 6.07) is 8.66. The maximum atomic E-state index is 12.8. The number of rotatable bonds is 3. The molecule has 1 N–H and O–H groups in total. The third-order valence-corrected chi connectivity index (χ3v) is 7.14. The predicted molar refractivity (Wildman–Crippen MR) is 114 cm³/mol. The molecule has 29 heavy (non-hydrogen) atoms. The first-order valence-electron chi connectivity index (χ1n) is 10.9. The van der Waals surface area contributed by atoms with E-state index in [4.69, 9.17) is 9.72 Å². The van der Waals surface area contributed by atoms with Crippen molar-refractivity contribution in [3.63, 3.8) is 0 Å². The van der Waals surface area contributed by atoms with Gasteiger partial charge in [0, 0.05) is 30.6 Å². The van der Waals surface area contributed by atoms with Crippen molar-refractivity contribution in [2.75, 3.05) is 44.3 Å². The first-order chi connectivity index (χ1) is 14.1. The van der Waals surface area contributed by atoms with Crippen molar-refractivity contribution in [2.45, 2.75) is 44.6 Å². The Morgan fingerprint density at radius 1 is 1.10 bits per heavy atom. The molecule has 0 radical (unpaired) electrons. The maximum Gasteiger partial charge on any atom is 0.255 e. The number of nitrogens with one attached hydrogen (secondary N) is 1. The Morgan fingerprint density at radius 2 is 1.86 bits per heavy atom. The molecule has 1 aliphatic carbocycles. The lowest BCUT2D eigenvalue weighted by molar-refractivity contribution is 0.122. The van der Waals surface area contributed by atoms with E-state index in [2.05, 4.69) is 46.0 Å². The van der Waals surface area contributed by atoms with E-state index in [1.807, 2.05) is 0 Å². The molecule has 0 unspecified atom stereocenters. The zero-order valence-electron chi connectivity index (χ0n) is 17.2. The molecule has 6 nitrogen and oxygen atoms in total. The number of morpholine rings is 1. The number of anilines is 1. The van der Waals surface area contributed by atoms with Gasteiger partial charge in [-0.15, -0.1) is 0 Å². The molecule has 0 amide bonds. The smallest absolute Gasteiger partial charge is 0.255 e. The van der Waals surface area contributed by atoms with Gasteiger partial charge in [-0.2, -0.15) is 0 Å². The van der Waals surface area contributed by atoms with E-state index in [1.54, 1.807) is 0 Å². The molecule has 2 aliphatic heterocycles. The second-order valence-electron chi connectivity index (χ2n) is 8.80. The molecule has 2 fully saturated rings. The van der Waals surface area contributed by atoms with Gasteiger partial charge in [0.25, 0.3) is 5.56 Å². The Hall–Kier alpha value is -2.18. The van der Waals surface area contributed by atoms with Crippen LogP contribution in [0.1, 0.15) is 41.6 Å². The van der Waals surface area contributed by atoms with Gasteiger partial charge < -0.3 is 9.64 Å². The summed E-state index contributed by atoms with van der Waals surface area (Å²) in [5.41, 5.74) is 4.93. The summed E-state index contributed by atoms with van der Waals surface area (Å²) in [5, 5.41) is 0. The van der Waals surface area contributed by atoms with Crippen LogP contribution in [0.5, 0.6) is 0 Å². The molecule has 3 aliphatic rings. The van der Waals surface area contributed by atoms with Crippen molar-refractivity contribution in [1.29, 1.82) is 0 Å². The maximum absolute atomic E-state index is 12.8. The number of aromatic nitrogens is 2. The predicted octanol–water partition coefficient (Wildman–Crippen LogP) is 2.39. The number of aromatic amines is 1. The first-order valence-corrected chi connectivity index (χ1v) is 10.9. The average molecular weight is 395 g/mol. The van der Waals surface area contributed by atoms with E-state index in [1.165, 1.54) is 11.1 Å². The van der Waals surface area contributed by atoms with Crippen LogP contribution in [0.2, 0.25) is 0 Å². The van der Waals surface area contributed by atoms with Crippen molar-refractivity contribution in [2.24, 2.45) is 0 Å². The lowest BCUT2D eigenvalue weighted by atomic mass is 9.76. The van der Waals surface area contributed by atoms with Gasteiger partial charge >= 0.3 is 0 Å². The van der Waals surface area contributed by atoms with E-state index in [0.29, 0.717) is 13.2 Å². The van der Waals surface area contributed by atoms with E-state index in [0.717, 1.165) is 75.6 Å². The molecule has 154 valence electrons. The summed E-state index contributed by atoms with van der Waals surface area (Å²) in [7, 11) is 0. The zero-order valence-corrected chi connectivity index (χ0v) is 17.2. The van der Waals surface area contributed by atoms with Gasteiger partial charge in [0.2, 0.25) is 5.95 Å². The summed E-state index contributed by atoms with van der Waals surface area (Å²) in [5.74, 6) is 0.737. The molecule has 2 aromatic rings. The van der Waals surface area contributed by atoms with Gasteiger partial charge in [0.05, 0.1) is 18.9 Å². The molecular weight excluding hydrogens is 364 g/mol. The fourth-order valence-electron chi connectivity index (χ4n) is 5.22. The number of aryl methyl sites for hydroxylation is 1. The number of fused-ring (bicyclic) bond motifs is 2. The van der Waals surface area contributed by atoms with Crippen LogP contribution in [0, 0.1) is 6.92 Å². The molecule has 5 rings (SSSR count). The highest BCUT2D eigenvalue weighted by molar-refractivity contribution is 5.40. The van der Waals surface area contributed by atoms with Crippen LogP contribution >= 0.6 is 0 Å². The van der Waals surface area contributed by atoms with Gasteiger partial charge in [0.15, 0.2) is 0 Å². The molecule has 3 heterocycles. The number of ether oxygens (including phenoxy) is 1. The number of nitrogens with zero attached hydrogens (tertiary/aromatic N) is 3. The van der Waals surface area contributed by atoms with Crippen molar-refractivity contribution in [3.05, 3.63) is 57.0 Å². The van der Waals surface area contributed by atoms with Gasteiger partial charge in [-0.3, -0.25) is 14.7 Å². The SMILES string of the molecule is Cc1ccccc1CN1CCC2(CCc3c2nc(N2CCOCC2)[nH]c3=O)CC1. The number of piperidine rings is 1.